The van der Waals surface area contributed by atoms with Crippen molar-refractivity contribution in [2.45, 2.75) is 123 Å². The summed E-state index contributed by atoms with van der Waals surface area (Å²) in [7, 11) is 4.44. The Bertz CT molecular complexity index is 1150. The molecule has 4 fully saturated rings. The molecule has 4 aliphatic rings. The number of likely N-dealkylation sites (N-methyl/N-ethyl adjacent to an activating group) is 1. The predicted octanol–water partition coefficient (Wildman–Crippen LogP) is 6.58. The molecule has 266 valence electrons. The average Bonchev–Trinajstić information content (AvgIpc) is 3.37. The summed E-state index contributed by atoms with van der Waals surface area (Å²) in [5.41, 5.74) is 0.525. The number of nitrogens with one attached hydrogen (secondary N) is 1. The molecule has 1 amide bonds. The molecule has 8 heteroatoms. The van der Waals surface area contributed by atoms with Crippen molar-refractivity contribution in [2.24, 2.45) is 52.3 Å². The van der Waals surface area contributed by atoms with Crippen molar-refractivity contribution in [1.82, 2.24) is 5.32 Å². The zero-order chi connectivity index (χ0) is 34.6. The molecule has 0 saturated heterocycles. The molecule has 0 aromatic rings. The maximum absolute atomic E-state index is 11.8. The smallest absolute Gasteiger partial charge is 0.303 e. The number of aliphatic hydroxyl groups excluding tert-OH is 1. The average molecular weight is 657 g/mol. The highest BCUT2D eigenvalue weighted by Crippen LogP contribution is 2.70. The molecule has 0 aliphatic heterocycles. The van der Waals surface area contributed by atoms with Crippen LogP contribution in [0.3, 0.4) is 0 Å². The summed E-state index contributed by atoms with van der Waals surface area (Å²) < 4.78 is 7.36. The van der Waals surface area contributed by atoms with Gasteiger partial charge in [0.1, 0.15) is 0 Å². The number of amides is 1. The number of rotatable bonds is 16. The number of nitrogens with zero attached hydrogens (tertiary/aromatic N) is 2. The van der Waals surface area contributed by atoms with Gasteiger partial charge >= 0.3 is 5.97 Å². The van der Waals surface area contributed by atoms with Crippen molar-refractivity contribution in [1.29, 1.82) is 5.26 Å². The topological polar surface area (TPSA) is 120 Å². The molecule has 4 rings (SSSR count). The molecular formula is C39H66N3O5+. The molecular weight excluding hydrogens is 590 g/mol. The first-order valence-corrected chi connectivity index (χ1v) is 18.8. The number of carbonyl (C=O) groups excluding carboxylic acids is 1. The van der Waals surface area contributed by atoms with E-state index in [1.165, 1.54) is 6.42 Å². The van der Waals surface area contributed by atoms with E-state index < -0.39 is 5.97 Å². The molecule has 47 heavy (non-hydrogen) atoms. The van der Waals surface area contributed by atoms with Gasteiger partial charge in [0, 0.05) is 18.6 Å². The van der Waals surface area contributed by atoms with Crippen molar-refractivity contribution in [2.75, 3.05) is 40.3 Å². The Morgan fingerprint density at radius 1 is 1.06 bits per heavy atom. The van der Waals surface area contributed by atoms with Crippen molar-refractivity contribution in [3.63, 3.8) is 0 Å². The number of carbonyl (C=O) groups is 2. The maximum atomic E-state index is 11.8. The zero-order valence-corrected chi connectivity index (χ0v) is 30.4. The fourth-order valence-corrected chi connectivity index (χ4v) is 11.0. The Labute approximate surface area is 285 Å². The number of aliphatic carboxylic acids is 1. The highest BCUT2D eigenvalue weighted by molar-refractivity contribution is 5.92. The standard InChI is InChI=1S/C39H65N3O5/c1-26(2)37(46)41-18-20-42(6,7)19-10-8-9-11-21-47-30-16-17-38(4)28(22-30)24-34(43)36-32-14-13-31(27(3)12-15-35(44)45)39(32,5)29(25-40)23-33(36)38/h27-34,36,43H,1,8-24H2,2-7H3,(H-,41,44,45,46)/p+1. The van der Waals surface area contributed by atoms with Crippen LogP contribution >= 0.6 is 0 Å². The molecule has 0 aromatic carbocycles. The molecule has 11 atom stereocenters. The lowest BCUT2D eigenvalue weighted by Crippen LogP contribution is -2.61. The first-order valence-electron chi connectivity index (χ1n) is 18.8. The molecule has 3 N–H and O–H groups in total. The van der Waals surface area contributed by atoms with Crippen molar-refractivity contribution >= 4 is 11.9 Å². The Kier molecular flexibility index (Phi) is 12.7. The van der Waals surface area contributed by atoms with Gasteiger partial charge < -0.3 is 24.7 Å². The monoisotopic (exact) mass is 656 g/mol. The van der Waals surface area contributed by atoms with E-state index >= 15 is 0 Å². The van der Waals surface area contributed by atoms with Gasteiger partial charge in [-0.3, -0.25) is 9.59 Å². The number of hydrogen-bond acceptors (Lipinski definition) is 5. The second-order valence-corrected chi connectivity index (χ2v) is 17.3. The molecule has 0 radical (unpaired) electrons. The summed E-state index contributed by atoms with van der Waals surface area (Å²) in [4.78, 5) is 23.0. The molecule has 0 spiro atoms. The van der Waals surface area contributed by atoms with Gasteiger partial charge in [-0.15, -0.1) is 0 Å². The van der Waals surface area contributed by atoms with Crippen LogP contribution in [-0.2, 0) is 14.3 Å². The second kappa shape index (κ2) is 15.7. The first kappa shape index (κ1) is 37.9. The zero-order valence-electron chi connectivity index (χ0n) is 30.4. The lowest BCUT2D eigenvalue weighted by Gasteiger charge is -2.63. The van der Waals surface area contributed by atoms with Crippen molar-refractivity contribution < 1.29 is 29.0 Å². The minimum absolute atomic E-state index is 0.0444. The number of unbranched alkanes of at least 4 members (excludes halogenated alkanes) is 3. The van der Waals surface area contributed by atoms with Gasteiger partial charge in [0.2, 0.25) is 5.91 Å². The fraction of sp³-hybridized carbons (Fsp3) is 0.872. The second-order valence-electron chi connectivity index (χ2n) is 17.3. The van der Waals surface area contributed by atoms with Crippen LogP contribution in [0.4, 0.5) is 0 Å². The van der Waals surface area contributed by atoms with Crippen LogP contribution in [0.15, 0.2) is 12.2 Å². The van der Waals surface area contributed by atoms with Crippen molar-refractivity contribution in [3.8, 4) is 6.07 Å². The number of hydrogen-bond donors (Lipinski definition) is 3. The molecule has 0 aromatic heterocycles. The van der Waals surface area contributed by atoms with E-state index in [1.54, 1.807) is 6.92 Å². The Morgan fingerprint density at radius 2 is 1.79 bits per heavy atom. The van der Waals surface area contributed by atoms with Gasteiger partial charge in [-0.1, -0.05) is 33.8 Å². The molecule has 0 bridgehead atoms. The van der Waals surface area contributed by atoms with E-state index in [0.717, 1.165) is 88.4 Å². The van der Waals surface area contributed by atoms with Gasteiger partial charge in [-0.05, 0) is 124 Å². The van der Waals surface area contributed by atoms with E-state index in [9.17, 15) is 25.1 Å². The van der Waals surface area contributed by atoms with E-state index in [-0.39, 0.29) is 53.1 Å². The third-order valence-corrected chi connectivity index (χ3v) is 13.9. The third-order valence-electron chi connectivity index (χ3n) is 13.9. The number of nitriles is 1. The summed E-state index contributed by atoms with van der Waals surface area (Å²) in [5, 5.41) is 34.6. The Morgan fingerprint density at radius 3 is 2.47 bits per heavy atom. The van der Waals surface area contributed by atoms with Crippen LogP contribution in [-0.4, -0.2) is 79.1 Å². The van der Waals surface area contributed by atoms with E-state index in [4.69, 9.17) is 4.74 Å². The lowest BCUT2D eigenvalue weighted by atomic mass is 9.41. The quantitative estimate of drug-likeness (QED) is 0.0981. The summed E-state index contributed by atoms with van der Waals surface area (Å²) >= 11 is 0. The van der Waals surface area contributed by atoms with Crippen LogP contribution < -0.4 is 5.32 Å². The number of ether oxygens (including phenoxy) is 1. The molecule has 8 nitrogen and oxygen atoms in total. The number of carboxylic acid groups (broad SMARTS) is 1. The molecule has 4 aliphatic carbocycles. The van der Waals surface area contributed by atoms with Gasteiger partial charge in [-0.25, -0.2) is 0 Å². The number of quaternary nitrogens is 1. The predicted molar refractivity (Wildman–Crippen MR) is 185 cm³/mol. The van der Waals surface area contributed by atoms with Gasteiger partial charge in [0.15, 0.2) is 0 Å². The summed E-state index contributed by atoms with van der Waals surface area (Å²) in [6, 6.07) is 2.77. The largest absolute Gasteiger partial charge is 0.481 e. The fourth-order valence-electron chi connectivity index (χ4n) is 11.0. The first-order chi connectivity index (χ1) is 22.1. The molecule has 4 saturated carbocycles. The number of aliphatic hydroxyl groups is 1. The normalized spacial score (nSPS) is 37.1. The van der Waals surface area contributed by atoms with Crippen LogP contribution in [0, 0.1) is 63.6 Å². The highest BCUT2D eigenvalue weighted by atomic mass is 16.5. The molecule has 11 unspecified atom stereocenters. The highest BCUT2D eigenvalue weighted by Gasteiger charge is 2.66. The van der Waals surface area contributed by atoms with Crippen LogP contribution in [0.1, 0.15) is 111 Å². The third kappa shape index (κ3) is 8.44. The minimum atomic E-state index is -0.743. The van der Waals surface area contributed by atoms with Gasteiger partial charge in [-0.2, -0.15) is 5.26 Å². The molecule has 0 heterocycles. The minimum Gasteiger partial charge on any atom is -0.481 e. The number of fused-ring (bicyclic) bond motifs is 5. The summed E-state index contributed by atoms with van der Waals surface area (Å²) in [5.74, 6) is 1.10. The Balaban J connectivity index is 1.24. The number of carboxylic acids is 1. The van der Waals surface area contributed by atoms with E-state index in [1.807, 2.05) is 0 Å². The van der Waals surface area contributed by atoms with Gasteiger partial charge in [0.05, 0.1) is 57.9 Å². The van der Waals surface area contributed by atoms with Crippen LogP contribution in [0.2, 0.25) is 0 Å². The summed E-state index contributed by atoms with van der Waals surface area (Å²) in [6.45, 7) is 15.9. The van der Waals surface area contributed by atoms with Crippen LogP contribution in [0.25, 0.3) is 0 Å². The van der Waals surface area contributed by atoms with Crippen LogP contribution in [0.5, 0.6) is 0 Å². The summed E-state index contributed by atoms with van der Waals surface area (Å²) in [6.07, 6.45) is 12.3. The van der Waals surface area contributed by atoms with E-state index in [0.29, 0.717) is 42.2 Å². The Hall–Kier alpha value is -1.95. The van der Waals surface area contributed by atoms with E-state index in [2.05, 4.69) is 52.8 Å². The van der Waals surface area contributed by atoms with Crippen molar-refractivity contribution in [3.05, 3.63) is 12.2 Å². The van der Waals surface area contributed by atoms with Gasteiger partial charge in [0.25, 0.3) is 0 Å². The maximum Gasteiger partial charge on any atom is 0.303 e. The lowest BCUT2D eigenvalue weighted by molar-refractivity contribution is -0.889. The SMILES string of the molecule is C=C(C)C(=O)NCC[N+](C)(C)CCCCCCOC1CCC2(C)C(C1)CC(O)C1C2CC(C#N)C2(C)C(C(C)CCC(=O)O)CCC12.